The van der Waals surface area contributed by atoms with Crippen molar-refractivity contribution in [1.82, 2.24) is 0 Å². The Hall–Kier alpha value is -1.77. The summed E-state index contributed by atoms with van der Waals surface area (Å²) < 4.78 is 4.98. The van der Waals surface area contributed by atoms with Gasteiger partial charge in [0.05, 0.1) is 6.61 Å². The summed E-state index contributed by atoms with van der Waals surface area (Å²) in [5, 5.41) is 0. The zero-order valence-electron chi connectivity index (χ0n) is 9.48. The molecule has 0 radical (unpaired) electrons. The van der Waals surface area contributed by atoms with Crippen LogP contribution in [0.3, 0.4) is 0 Å². The second-order valence-corrected chi connectivity index (χ2v) is 3.50. The van der Waals surface area contributed by atoms with Crippen molar-refractivity contribution in [3.05, 3.63) is 41.6 Å². The maximum Gasteiger partial charge on any atom is 0.354 e. The van der Waals surface area contributed by atoms with E-state index in [1.54, 1.807) is 6.08 Å². The zero-order chi connectivity index (χ0) is 11.8. The van der Waals surface area contributed by atoms with E-state index in [0.717, 1.165) is 18.4 Å². The summed E-state index contributed by atoms with van der Waals surface area (Å²) in [6, 6.07) is 9.45. The average molecular weight is 219 g/mol. The summed E-state index contributed by atoms with van der Waals surface area (Å²) in [7, 11) is 0. The highest BCUT2D eigenvalue weighted by Crippen LogP contribution is 2.04. The van der Waals surface area contributed by atoms with Crippen molar-refractivity contribution >= 4 is 12.0 Å². The van der Waals surface area contributed by atoms with Crippen molar-refractivity contribution < 1.29 is 9.53 Å². The number of ether oxygens (including phenoxy) is 1. The number of hydrogen-bond acceptors (Lipinski definition) is 3. The van der Waals surface area contributed by atoms with Crippen LogP contribution in [0.1, 0.15) is 25.3 Å². The molecule has 3 nitrogen and oxygen atoms in total. The maximum atomic E-state index is 11.4. The largest absolute Gasteiger partial charge is 0.461 e. The van der Waals surface area contributed by atoms with Crippen molar-refractivity contribution in [3.8, 4) is 0 Å². The third-order valence-electron chi connectivity index (χ3n) is 2.09. The number of carbonyl (C=O) groups is 1. The molecule has 1 aromatic carbocycles. The Labute approximate surface area is 95.9 Å². The van der Waals surface area contributed by atoms with Gasteiger partial charge in [-0.15, -0.1) is 0 Å². The standard InChI is InChI=1S/C13H17NO2/c1-2-3-9-16-13(15)12(14)10-11-7-5-4-6-8-11/h4-8,10H,2-3,9,14H2,1H3. The molecule has 0 bridgehead atoms. The number of nitrogens with two attached hydrogens (primary N) is 1. The van der Waals surface area contributed by atoms with Gasteiger partial charge in [-0.05, 0) is 18.1 Å². The van der Waals surface area contributed by atoms with Crippen molar-refractivity contribution in [1.29, 1.82) is 0 Å². The molecule has 0 amide bonds. The molecule has 0 atom stereocenters. The van der Waals surface area contributed by atoms with Gasteiger partial charge in [0.2, 0.25) is 0 Å². The summed E-state index contributed by atoms with van der Waals surface area (Å²) in [5.41, 5.74) is 6.65. The van der Waals surface area contributed by atoms with Gasteiger partial charge < -0.3 is 10.5 Å². The Bertz CT molecular complexity index is 357. The Kier molecular flexibility index (Phi) is 5.12. The fourth-order valence-corrected chi connectivity index (χ4v) is 1.18. The average Bonchev–Trinajstić information content (AvgIpc) is 2.30. The van der Waals surface area contributed by atoms with Crippen LogP contribution in [0.2, 0.25) is 0 Å². The van der Waals surface area contributed by atoms with E-state index in [-0.39, 0.29) is 5.70 Å². The molecule has 0 spiro atoms. The van der Waals surface area contributed by atoms with E-state index in [2.05, 4.69) is 0 Å². The highest BCUT2D eigenvalue weighted by atomic mass is 16.5. The predicted octanol–water partition coefficient (Wildman–Crippen LogP) is 2.33. The van der Waals surface area contributed by atoms with Crippen LogP contribution in [-0.4, -0.2) is 12.6 Å². The lowest BCUT2D eigenvalue weighted by Gasteiger charge is -2.03. The second kappa shape index (κ2) is 6.67. The van der Waals surface area contributed by atoms with E-state index in [0.29, 0.717) is 6.61 Å². The lowest BCUT2D eigenvalue weighted by molar-refractivity contribution is -0.139. The molecule has 0 aromatic heterocycles. The molecule has 0 aliphatic carbocycles. The molecule has 0 unspecified atom stereocenters. The summed E-state index contributed by atoms with van der Waals surface area (Å²) in [4.78, 5) is 11.4. The first-order valence-electron chi connectivity index (χ1n) is 5.43. The number of rotatable bonds is 5. The molecule has 0 aliphatic rings. The molecule has 0 fully saturated rings. The lowest BCUT2D eigenvalue weighted by Crippen LogP contribution is -2.15. The number of benzene rings is 1. The van der Waals surface area contributed by atoms with Gasteiger partial charge >= 0.3 is 5.97 Å². The quantitative estimate of drug-likeness (QED) is 0.470. The lowest BCUT2D eigenvalue weighted by atomic mass is 10.2. The van der Waals surface area contributed by atoms with Gasteiger partial charge in [-0.2, -0.15) is 0 Å². The molecule has 2 N–H and O–H groups in total. The number of hydrogen-bond donors (Lipinski definition) is 1. The molecule has 16 heavy (non-hydrogen) atoms. The van der Waals surface area contributed by atoms with E-state index >= 15 is 0 Å². The smallest absolute Gasteiger partial charge is 0.354 e. The van der Waals surface area contributed by atoms with E-state index in [9.17, 15) is 4.79 Å². The highest BCUT2D eigenvalue weighted by Gasteiger charge is 2.05. The van der Waals surface area contributed by atoms with E-state index in [1.165, 1.54) is 0 Å². The normalized spacial score (nSPS) is 11.2. The number of unbranched alkanes of at least 4 members (excludes halogenated alkanes) is 1. The van der Waals surface area contributed by atoms with E-state index < -0.39 is 5.97 Å². The molecule has 0 saturated carbocycles. The van der Waals surface area contributed by atoms with E-state index in [1.807, 2.05) is 37.3 Å². The molecule has 0 saturated heterocycles. The molecule has 1 rings (SSSR count). The molecular formula is C13H17NO2. The van der Waals surface area contributed by atoms with Crippen LogP contribution in [0, 0.1) is 0 Å². The van der Waals surface area contributed by atoms with Crippen LogP contribution in [0.4, 0.5) is 0 Å². The summed E-state index contributed by atoms with van der Waals surface area (Å²) >= 11 is 0. The highest BCUT2D eigenvalue weighted by molar-refractivity contribution is 5.92. The van der Waals surface area contributed by atoms with Gasteiger partial charge in [0.1, 0.15) is 5.70 Å². The van der Waals surface area contributed by atoms with Gasteiger partial charge in [0, 0.05) is 0 Å². The van der Waals surface area contributed by atoms with Gasteiger partial charge in [-0.1, -0.05) is 43.7 Å². The van der Waals surface area contributed by atoms with Crippen molar-refractivity contribution in [2.24, 2.45) is 5.73 Å². The van der Waals surface area contributed by atoms with Crippen molar-refractivity contribution in [2.75, 3.05) is 6.61 Å². The topological polar surface area (TPSA) is 52.3 Å². The van der Waals surface area contributed by atoms with Gasteiger partial charge in [-0.25, -0.2) is 4.79 Å². The molecule has 3 heteroatoms. The number of esters is 1. The fraction of sp³-hybridized carbons (Fsp3) is 0.308. The minimum atomic E-state index is -0.447. The second-order valence-electron chi connectivity index (χ2n) is 3.50. The van der Waals surface area contributed by atoms with Crippen LogP contribution in [0.5, 0.6) is 0 Å². The first kappa shape index (κ1) is 12.3. The first-order chi connectivity index (χ1) is 7.74. The Morgan fingerprint density at radius 1 is 1.38 bits per heavy atom. The van der Waals surface area contributed by atoms with Gasteiger partial charge in [-0.3, -0.25) is 0 Å². The molecule has 0 aliphatic heterocycles. The minimum Gasteiger partial charge on any atom is -0.461 e. The van der Waals surface area contributed by atoms with Gasteiger partial charge in [0.25, 0.3) is 0 Å². The summed E-state index contributed by atoms with van der Waals surface area (Å²) in [6.07, 6.45) is 3.48. The summed E-state index contributed by atoms with van der Waals surface area (Å²) in [5.74, 6) is -0.447. The zero-order valence-corrected chi connectivity index (χ0v) is 9.48. The van der Waals surface area contributed by atoms with Crippen molar-refractivity contribution in [3.63, 3.8) is 0 Å². The SMILES string of the molecule is CCCCOC(=O)C(N)=Cc1ccccc1. The Morgan fingerprint density at radius 2 is 2.06 bits per heavy atom. The fourth-order valence-electron chi connectivity index (χ4n) is 1.18. The molecule has 86 valence electrons. The van der Waals surface area contributed by atoms with Crippen LogP contribution < -0.4 is 5.73 Å². The first-order valence-corrected chi connectivity index (χ1v) is 5.43. The summed E-state index contributed by atoms with van der Waals surface area (Å²) in [6.45, 7) is 2.47. The van der Waals surface area contributed by atoms with Crippen LogP contribution in [0.25, 0.3) is 6.08 Å². The van der Waals surface area contributed by atoms with E-state index in [4.69, 9.17) is 10.5 Å². The van der Waals surface area contributed by atoms with Crippen LogP contribution in [-0.2, 0) is 9.53 Å². The molecule has 1 aromatic rings. The van der Waals surface area contributed by atoms with Gasteiger partial charge in [0.15, 0.2) is 0 Å². The third kappa shape index (κ3) is 4.17. The van der Waals surface area contributed by atoms with Crippen LogP contribution >= 0.6 is 0 Å². The Morgan fingerprint density at radius 3 is 2.69 bits per heavy atom. The van der Waals surface area contributed by atoms with Crippen molar-refractivity contribution in [2.45, 2.75) is 19.8 Å². The Balaban J connectivity index is 2.53. The predicted molar refractivity (Wildman–Crippen MR) is 64.5 cm³/mol. The molecular weight excluding hydrogens is 202 g/mol. The molecule has 0 heterocycles. The van der Waals surface area contributed by atoms with Crippen LogP contribution in [0.15, 0.2) is 36.0 Å². The maximum absolute atomic E-state index is 11.4. The number of carbonyl (C=O) groups excluding carboxylic acids is 1. The third-order valence-corrected chi connectivity index (χ3v) is 2.09. The minimum absolute atomic E-state index is 0.141. The monoisotopic (exact) mass is 219 g/mol.